The molecule has 20 heavy (non-hydrogen) atoms. The van der Waals surface area contributed by atoms with Gasteiger partial charge >= 0.3 is 5.97 Å². The highest BCUT2D eigenvalue weighted by Crippen LogP contribution is 2.19. The molecule has 0 saturated heterocycles. The second-order valence-corrected chi connectivity index (χ2v) is 4.30. The lowest BCUT2D eigenvalue weighted by Gasteiger charge is -2.06. The first-order valence-corrected chi connectivity index (χ1v) is 6.30. The van der Waals surface area contributed by atoms with Crippen molar-refractivity contribution in [1.82, 2.24) is 0 Å². The minimum Gasteiger partial charge on any atom is -0.463 e. The number of amides is 1. The van der Waals surface area contributed by atoms with E-state index in [9.17, 15) is 14.0 Å². The number of nitrogens with one attached hydrogen (secondary N) is 1. The predicted molar refractivity (Wildman–Crippen MR) is 72.1 cm³/mol. The summed E-state index contributed by atoms with van der Waals surface area (Å²) in [6, 6.07) is 3.83. The Morgan fingerprint density at radius 3 is 2.70 bits per heavy atom. The van der Waals surface area contributed by atoms with Gasteiger partial charge < -0.3 is 14.8 Å². The number of rotatable bonds is 7. The van der Waals surface area contributed by atoms with Gasteiger partial charge in [-0.1, -0.05) is 11.6 Å². The number of hydrogen-bond acceptors (Lipinski definition) is 4. The molecule has 0 saturated carbocycles. The Bertz CT molecular complexity index is 481. The quantitative estimate of drug-likeness (QED) is 0.620. The summed E-state index contributed by atoms with van der Waals surface area (Å²) in [5.41, 5.74) is 0.370. The second-order valence-electron chi connectivity index (χ2n) is 3.89. The molecule has 110 valence electrons. The van der Waals surface area contributed by atoms with Gasteiger partial charge in [0, 0.05) is 19.2 Å². The molecule has 1 aromatic rings. The Balaban J connectivity index is 2.32. The normalized spacial score (nSPS) is 10.2. The van der Waals surface area contributed by atoms with E-state index in [1.165, 1.54) is 19.2 Å². The third-order valence-electron chi connectivity index (χ3n) is 2.31. The molecule has 5 nitrogen and oxygen atoms in total. The van der Waals surface area contributed by atoms with Crippen LogP contribution < -0.4 is 5.32 Å². The molecule has 0 heterocycles. The van der Waals surface area contributed by atoms with Crippen LogP contribution in [0.15, 0.2) is 18.2 Å². The number of hydrogen-bond donors (Lipinski definition) is 1. The van der Waals surface area contributed by atoms with Gasteiger partial charge in [0.25, 0.3) is 0 Å². The first kappa shape index (κ1) is 16.4. The lowest BCUT2D eigenvalue weighted by atomic mass is 10.2. The van der Waals surface area contributed by atoms with Crippen LogP contribution in [0.4, 0.5) is 10.1 Å². The third-order valence-corrected chi connectivity index (χ3v) is 2.60. The number of methoxy groups -OCH3 is 1. The second kappa shape index (κ2) is 8.50. The standard InChI is InChI=1S/C13H15ClFNO4/c1-19-6-7-20-13(18)5-4-12(17)16-9-2-3-11(15)10(14)8-9/h2-3,8H,4-7H2,1H3,(H,16,17). The summed E-state index contributed by atoms with van der Waals surface area (Å²) in [5, 5.41) is 2.43. The molecule has 1 N–H and O–H groups in total. The van der Waals surface area contributed by atoms with Gasteiger partial charge in [-0.05, 0) is 18.2 Å². The van der Waals surface area contributed by atoms with Crippen molar-refractivity contribution < 1.29 is 23.5 Å². The zero-order chi connectivity index (χ0) is 15.0. The summed E-state index contributed by atoms with van der Waals surface area (Å²) < 4.78 is 22.4. The lowest BCUT2D eigenvalue weighted by Crippen LogP contribution is -2.15. The van der Waals surface area contributed by atoms with E-state index >= 15 is 0 Å². The molecule has 0 bridgehead atoms. The van der Waals surface area contributed by atoms with E-state index < -0.39 is 11.8 Å². The summed E-state index contributed by atoms with van der Waals surface area (Å²) in [4.78, 5) is 22.8. The number of anilines is 1. The molecule has 1 amide bonds. The number of carbonyl (C=O) groups excluding carboxylic acids is 2. The van der Waals surface area contributed by atoms with Crippen LogP contribution >= 0.6 is 11.6 Å². The average Bonchev–Trinajstić information content (AvgIpc) is 2.41. The summed E-state index contributed by atoms with van der Waals surface area (Å²) >= 11 is 5.58. The number of benzene rings is 1. The van der Waals surface area contributed by atoms with Crippen molar-refractivity contribution in [1.29, 1.82) is 0 Å². The van der Waals surface area contributed by atoms with E-state index in [4.69, 9.17) is 21.1 Å². The maximum absolute atomic E-state index is 12.9. The third kappa shape index (κ3) is 5.99. The monoisotopic (exact) mass is 303 g/mol. The minimum absolute atomic E-state index is 0.0270. The predicted octanol–water partition coefficient (Wildman–Crippen LogP) is 2.39. The summed E-state index contributed by atoms with van der Waals surface area (Å²) in [5.74, 6) is -1.42. The first-order chi connectivity index (χ1) is 9.52. The van der Waals surface area contributed by atoms with Gasteiger partial charge in [-0.25, -0.2) is 4.39 Å². The molecule has 0 radical (unpaired) electrons. The van der Waals surface area contributed by atoms with Crippen LogP contribution in [-0.2, 0) is 19.1 Å². The summed E-state index contributed by atoms with van der Waals surface area (Å²) in [6.07, 6.45) is -0.0642. The van der Waals surface area contributed by atoms with Gasteiger partial charge in [0.1, 0.15) is 12.4 Å². The van der Waals surface area contributed by atoms with E-state index in [2.05, 4.69) is 5.32 Å². The van der Waals surface area contributed by atoms with Crippen LogP contribution in [0.1, 0.15) is 12.8 Å². The molecule has 0 atom stereocenters. The van der Waals surface area contributed by atoms with Gasteiger partial charge in [-0.2, -0.15) is 0 Å². The van der Waals surface area contributed by atoms with E-state index in [0.29, 0.717) is 12.3 Å². The van der Waals surface area contributed by atoms with Crippen molar-refractivity contribution in [2.45, 2.75) is 12.8 Å². The molecule has 0 aromatic heterocycles. The van der Waals surface area contributed by atoms with Crippen molar-refractivity contribution >= 4 is 29.2 Å². The van der Waals surface area contributed by atoms with Crippen LogP contribution in [-0.4, -0.2) is 32.2 Å². The van der Waals surface area contributed by atoms with Crippen LogP contribution in [0, 0.1) is 5.82 Å². The van der Waals surface area contributed by atoms with Gasteiger partial charge in [-0.15, -0.1) is 0 Å². The zero-order valence-electron chi connectivity index (χ0n) is 10.9. The first-order valence-electron chi connectivity index (χ1n) is 5.92. The van der Waals surface area contributed by atoms with E-state index in [0.717, 1.165) is 6.07 Å². The molecule has 0 fully saturated rings. The Labute approximate surface area is 121 Å². The molecule has 0 aliphatic rings. The molecule has 0 aliphatic carbocycles. The fourth-order valence-corrected chi connectivity index (χ4v) is 1.50. The molecular formula is C13H15ClFNO4. The van der Waals surface area contributed by atoms with Crippen molar-refractivity contribution in [3.8, 4) is 0 Å². The Morgan fingerprint density at radius 2 is 2.05 bits per heavy atom. The van der Waals surface area contributed by atoms with Crippen molar-refractivity contribution in [3.05, 3.63) is 29.0 Å². The SMILES string of the molecule is COCCOC(=O)CCC(=O)Nc1ccc(F)c(Cl)c1. The van der Waals surface area contributed by atoms with Gasteiger partial charge in [-0.3, -0.25) is 9.59 Å². The largest absolute Gasteiger partial charge is 0.463 e. The van der Waals surface area contributed by atoms with E-state index in [1.807, 2.05) is 0 Å². The maximum atomic E-state index is 12.9. The molecular weight excluding hydrogens is 289 g/mol. The van der Waals surface area contributed by atoms with E-state index in [1.54, 1.807) is 0 Å². The summed E-state index contributed by atoms with van der Waals surface area (Å²) in [6.45, 7) is 0.469. The highest BCUT2D eigenvalue weighted by atomic mass is 35.5. The van der Waals surface area contributed by atoms with Crippen LogP contribution in [0.3, 0.4) is 0 Å². The van der Waals surface area contributed by atoms with Crippen LogP contribution in [0.2, 0.25) is 5.02 Å². The molecule has 0 unspecified atom stereocenters. The van der Waals surface area contributed by atoms with Crippen LogP contribution in [0.25, 0.3) is 0 Å². The Hall–Kier alpha value is -1.66. The number of esters is 1. The van der Waals surface area contributed by atoms with E-state index in [-0.39, 0.29) is 30.4 Å². The average molecular weight is 304 g/mol. The molecule has 1 rings (SSSR count). The van der Waals surface area contributed by atoms with Crippen molar-refractivity contribution in [2.24, 2.45) is 0 Å². The highest BCUT2D eigenvalue weighted by molar-refractivity contribution is 6.31. The topological polar surface area (TPSA) is 64.6 Å². The van der Waals surface area contributed by atoms with Crippen molar-refractivity contribution in [2.75, 3.05) is 25.6 Å². The van der Waals surface area contributed by atoms with Gasteiger partial charge in [0.05, 0.1) is 18.1 Å². The molecule has 1 aromatic carbocycles. The zero-order valence-corrected chi connectivity index (χ0v) is 11.7. The fraction of sp³-hybridized carbons (Fsp3) is 0.385. The van der Waals surface area contributed by atoms with Gasteiger partial charge in [0.15, 0.2) is 0 Å². The maximum Gasteiger partial charge on any atom is 0.306 e. The van der Waals surface area contributed by atoms with Crippen LogP contribution in [0.5, 0.6) is 0 Å². The molecule has 0 aliphatic heterocycles. The molecule has 7 heteroatoms. The smallest absolute Gasteiger partial charge is 0.306 e. The van der Waals surface area contributed by atoms with Gasteiger partial charge in [0.2, 0.25) is 5.91 Å². The number of carbonyl (C=O) groups is 2. The Morgan fingerprint density at radius 1 is 1.30 bits per heavy atom. The summed E-state index contributed by atoms with van der Waals surface area (Å²) in [7, 11) is 1.50. The molecule has 0 spiro atoms. The highest BCUT2D eigenvalue weighted by Gasteiger charge is 2.09. The number of halogens is 2. The number of ether oxygens (including phenoxy) is 2. The lowest BCUT2D eigenvalue weighted by molar-refractivity contribution is -0.145. The Kier molecular flexibility index (Phi) is 6.97. The minimum atomic E-state index is -0.564. The fourth-order valence-electron chi connectivity index (χ4n) is 1.32. The van der Waals surface area contributed by atoms with Crippen molar-refractivity contribution in [3.63, 3.8) is 0 Å².